The van der Waals surface area contributed by atoms with Crippen molar-refractivity contribution in [2.45, 2.75) is 26.4 Å². The summed E-state index contributed by atoms with van der Waals surface area (Å²) in [7, 11) is 0. The number of aromatic nitrogens is 3. The monoisotopic (exact) mass is 490 g/mol. The van der Waals surface area contributed by atoms with Crippen molar-refractivity contribution < 1.29 is 9.90 Å². The maximum absolute atomic E-state index is 11.4. The zero-order chi connectivity index (χ0) is 24.4. The van der Waals surface area contributed by atoms with Crippen molar-refractivity contribution in [3.05, 3.63) is 57.2 Å². The molecule has 2 aromatic heterocycles. The molecule has 1 aromatic carbocycles. The topological polar surface area (TPSA) is 130 Å². The van der Waals surface area contributed by atoms with Crippen LogP contribution in [0.3, 0.4) is 0 Å². The minimum atomic E-state index is -0.987. The molecule has 35 heavy (non-hydrogen) atoms. The Morgan fingerprint density at radius 3 is 2.66 bits per heavy atom. The smallest absolute Gasteiger partial charge is 0.347 e. The van der Waals surface area contributed by atoms with Crippen LogP contribution in [0.4, 0.5) is 16.9 Å². The Morgan fingerprint density at radius 1 is 1.20 bits per heavy atom. The number of fused-ring (bicyclic) bond motifs is 1. The predicted molar refractivity (Wildman–Crippen MR) is 133 cm³/mol. The van der Waals surface area contributed by atoms with Crippen molar-refractivity contribution >= 4 is 34.2 Å². The summed E-state index contributed by atoms with van der Waals surface area (Å²) in [5, 5.41) is 25.4. The summed E-state index contributed by atoms with van der Waals surface area (Å²) >= 11 is 1.09. The fourth-order valence-corrected chi connectivity index (χ4v) is 5.28. The van der Waals surface area contributed by atoms with Gasteiger partial charge in [0, 0.05) is 51.4 Å². The maximum Gasteiger partial charge on any atom is 0.347 e. The third-order valence-electron chi connectivity index (χ3n) is 6.24. The molecule has 1 fully saturated rings. The van der Waals surface area contributed by atoms with Crippen LogP contribution < -0.4 is 15.5 Å². The molecule has 180 valence electrons. The summed E-state index contributed by atoms with van der Waals surface area (Å²) in [4.78, 5) is 30.3. The van der Waals surface area contributed by atoms with Crippen molar-refractivity contribution in [3.63, 3.8) is 0 Å². The molecular weight excluding hydrogens is 464 g/mol. The molecule has 4 heterocycles. The van der Waals surface area contributed by atoms with E-state index in [2.05, 4.69) is 31.5 Å². The predicted octanol–water partition coefficient (Wildman–Crippen LogP) is 2.52. The first-order chi connectivity index (χ1) is 17.0. The van der Waals surface area contributed by atoms with E-state index in [4.69, 9.17) is 15.2 Å². The second-order valence-electron chi connectivity index (χ2n) is 8.67. The van der Waals surface area contributed by atoms with E-state index >= 15 is 0 Å². The Kier molecular flexibility index (Phi) is 6.59. The van der Waals surface area contributed by atoms with Gasteiger partial charge in [0.2, 0.25) is 5.95 Å². The van der Waals surface area contributed by atoms with Gasteiger partial charge in [-0.25, -0.2) is 14.8 Å². The number of thiazole rings is 1. The summed E-state index contributed by atoms with van der Waals surface area (Å²) < 4.78 is 0. The number of anilines is 3. The molecule has 0 unspecified atom stereocenters. The number of aryl methyl sites for hydroxylation is 1. The molecule has 2 aliphatic rings. The number of carbonyl (C=O) groups is 1. The zero-order valence-corrected chi connectivity index (χ0v) is 20.2. The summed E-state index contributed by atoms with van der Waals surface area (Å²) in [5.41, 5.74) is 4.43. The maximum atomic E-state index is 11.4. The third kappa shape index (κ3) is 5.09. The van der Waals surface area contributed by atoms with Crippen molar-refractivity contribution in [2.75, 3.05) is 42.9 Å². The Balaban J connectivity index is 1.43. The fourth-order valence-electron chi connectivity index (χ4n) is 4.48. The highest BCUT2D eigenvalue weighted by Gasteiger charge is 2.26. The molecule has 3 aromatic rings. The van der Waals surface area contributed by atoms with Crippen molar-refractivity contribution in [3.8, 4) is 6.07 Å². The van der Waals surface area contributed by atoms with Gasteiger partial charge >= 0.3 is 5.97 Å². The van der Waals surface area contributed by atoms with E-state index in [1.54, 1.807) is 6.92 Å². The van der Waals surface area contributed by atoms with Crippen LogP contribution in [0.2, 0.25) is 0 Å². The normalized spacial score (nSPS) is 15.9. The van der Waals surface area contributed by atoms with Crippen molar-refractivity contribution in [1.29, 1.82) is 5.26 Å². The average Bonchev–Trinajstić information content (AvgIpc) is 3.24. The lowest BCUT2D eigenvalue weighted by atomic mass is 10.0. The molecule has 5 rings (SSSR count). The molecule has 3 N–H and O–H groups in total. The number of carboxylic acids is 1. The summed E-state index contributed by atoms with van der Waals surface area (Å²) in [6.45, 7) is 7.59. The highest BCUT2D eigenvalue weighted by Crippen LogP contribution is 2.31. The number of hydrogen-bond donors (Lipinski definition) is 3. The molecule has 2 aliphatic heterocycles. The van der Waals surface area contributed by atoms with Gasteiger partial charge in [-0.15, -0.1) is 0 Å². The van der Waals surface area contributed by atoms with Crippen molar-refractivity contribution in [1.82, 2.24) is 25.2 Å². The van der Waals surface area contributed by atoms with Gasteiger partial charge in [0.05, 0.1) is 23.0 Å². The van der Waals surface area contributed by atoms with E-state index in [-0.39, 0.29) is 4.88 Å². The highest BCUT2D eigenvalue weighted by molar-refractivity contribution is 7.17. The molecule has 0 amide bonds. The first kappa shape index (κ1) is 23.2. The van der Waals surface area contributed by atoms with E-state index in [0.29, 0.717) is 28.9 Å². The SMILES string of the molecule is Cc1nc(Nc2nc3c(c(N4CCNCC4)n2)CCN(Cc2ccc(C#N)cc2)C3)sc1C(=O)O. The van der Waals surface area contributed by atoms with Crippen LogP contribution in [0.15, 0.2) is 24.3 Å². The molecule has 0 bridgehead atoms. The van der Waals surface area contributed by atoms with Gasteiger partial charge in [-0.1, -0.05) is 23.5 Å². The van der Waals surface area contributed by atoms with Crippen LogP contribution in [0.25, 0.3) is 0 Å². The second kappa shape index (κ2) is 9.95. The molecule has 1 saturated heterocycles. The first-order valence-corrected chi connectivity index (χ1v) is 12.4. The van der Waals surface area contributed by atoms with Crippen molar-refractivity contribution in [2.24, 2.45) is 0 Å². The Morgan fingerprint density at radius 2 is 1.97 bits per heavy atom. The standard InChI is InChI=1S/C24H26N8O2S/c1-15-20(22(33)34)35-24(27-15)30-23-28-19-14-31(13-17-4-2-16(12-25)3-5-17)9-6-18(19)21(29-23)32-10-7-26-8-11-32/h2-5,26H,6-11,13-14H2,1H3,(H,33,34)(H,27,28,29,30). The Hall–Kier alpha value is -3.59. The molecule has 0 saturated carbocycles. The second-order valence-corrected chi connectivity index (χ2v) is 9.67. The minimum absolute atomic E-state index is 0.210. The number of nitrogens with one attached hydrogen (secondary N) is 2. The quantitative estimate of drug-likeness (QED) is 0.474. The number of nitrogens with zero attached hydrogens (tertiary/aromatic N) is 6. The molecular formula is C24H26N8O2S. The molecule has 10 nitrogen and oxygen atoms in total. The van der Waals surface area contributed by atoms with E-state index in [0.717, 1.165) is 74.1 Å². The number of nitriles is 1. The largest absolute Gasteiger partial charge is 0.477 e. The van der Waals surface area contributed by atoms with Crippen LogP contribution in [-0.4, -0.2) is 63.7 Å². The number of carboxylic acid groups (broad SMARTS) is 1. The van der Waals surface area contributed by atoms with Crippen LogP contribution in [-0.2, 0) is 19.5 Å². The molecule has 0 aliphatic carbocycles. The average molecular weight is 491 g/mol. The van der Waals surface area contributed by atoms with Crippen LogP contribution in [0.1, 0.15) is 37.7 Å². The Bertz CT molecular complexity index is 1280. The summed E-state index contributed by atoms with van der Waals surface area (Å²) in [6, 6.07) is 9.86. The van der Waals surface area contributed by atoms with Crippen LogP contribution in [0.5, 0.6) is 0 Å². The van der Waals surface area contributed by atoms with Crippen LogP contribution in [0, 0.1) is 18.3 Å². The van der Waals surface area contributed by atoms with Gasteiger partial charge in [0.25, 0.3) is 0 Å². The number of rotatable bonds is 6. The summed E-state index contributed by atoms with van der Waals surface area (Å²) in [5.74, 6) is 0.395. The molecule has 0 radical (unpaired) electrons. The summed E-state index contributed by atoms with van der Waals surface area (Å²) in [6.07, 6.45) is 0.852. The van der Waals surface area contributed by atoms with Gasteiger partial charge < -0.3 is 15.3 Å². The number of aromatic carboxylic acids is 1. The van der Waals surface area contributed by atoms with Gasteiger partial charge in [-0.05, 0) is 31.0 Å². The van der Waals surface area contributed by atoms with E-state index in [9.17, 15) is 9.90 Å². The van der Waals surface area contributed by atoms with Crippen LogP contribution >= 0.6 is 11.3 Å². The minimum Gasteiger partial charge on any atom is -0.477 e. The van der Waals surface area contributed by atoms with E-state index in [1.165, 1.54) is 5.56 Å². The molecule has 0 spiro atoms. The number of piperazine rings is 1. The van der Waals surface area contributed by atoms with E-state index in [1.807, 2.05) is 24.3 Å². The lowest BCUT2D eigenvalue weighted by Gasteiger charge is -2.34. The van der Waals surface area contributed by atoms with Gasteiger partial charge in [0.1, 0.15) is 10.7 Å². The lowest BCUT2D eigenvalue weighted by Crippen LogP contribution is -2.45. The third-order valence-corrected chi connectivity index (χ3v) is 7.30. The highest BCUT2D eigenvalue weighted by atomic mass is 32.1. The van der Waals surface area contributed by atoms with Gasteiger partial charge in [-0.2, -0.15) is 10.2 Å². The van der Waals surface area contributed by atoms with Gasteiger partial charge in [0.15, 0.2) is 5.13 Å². The molecule has 0 atom stereocenters. The Labute approximate surface area is 207 Å². The zero-order valence-electron chi connectivity index (χ0n) is 19.4. The fraction of sp³-hybridized carbons (Fsp3) is 0.375. The van der Waals surface area contributed by atoms with Gasteiger partial charge in [-0.3, -0.25) is 10.2 Å². The van der Waals surface area contributed by atoms with E-state index < -0.39 is 5.97 Å². The lowest BCUT2D eigenvalue weighted by molar-refractivity contribution is 0.0701. The number of hydrogen-bond acceptors (Lipinski definition) is 10. The number of benzene rings is 1. The molecule has 11 heteroatoms. The first-order valence-electron chi connectivity index (χ1n) is 11.5.